The maximum absolute atomic E-state index is 10.00. The molecule has 0 amide bonds. The van der Waals surface area contributed by atoms with Crippen molar-refractivity contribution in [2.75, 3.05) is 13.2 Å². The standard InChI is InChI=1S/C17H20N2O3S.C4H4O4/c1-11(2)18-9-12(20)10-21-14-6-4-3-5-13(14)16-17-15(22-19-16)7-8-23-17;5-3(6)1-2-4(7)8/h3-8,11-12,18,20H,9-10H2,1-2H3;1-2H,(H,5,6)(H,7,8)/b;2-1-. The predicted molar refractivity (Wildman–Crippen MR) is 116 cm³/mol. The zero-order chi connectivity index (χ0) is 22.8. The molecule has 9 nitrogen and oxygen atoms in total. The Bertz CT molecular complexity index is 1010. The van der Waals surface area contributed by atoms with E-state index >= 15 is 0 Å². The third-order valence-corrected chi connectivity index (χ3v) is 4.69. The number of benzene rings is 1. The van der Waals surface area contributed by atoms with E-state index in [9.17, 15) is 14.7 Å². The van der Waals surface area contributed by atoms with Crippen LogP contribution >= 0.6 is 11.3 Å². The van der Waals surface area contributed by atoms with Crippen molar-refractivity contribution in [2.24, 2.45) is 0 Å². The molecule has 0 aliphatic heterocycles. The average Bonchev–Trinajstić information content (AvgIpc) is 3.34. The largest absolute Gasteiger partial charge is 0.490 e. The van der Waals surface area contributed by atoms with E-state index in [1.54, 1.807) is 11.3 Å². The summed E-state index contributed by atoms with van der Waals surface area (Å²) in [4.78, 5) is 19.1. The van der Waals surface area contributed by atoms with Gasteiger partial charge in [0.25, 0.3) is 0 Å². The predicted octanol–water partition coefficient (Wildman–Crippen LogP) is 3.01. The number of aliphatic hydroxyl groups is 1. The van der Waals surface area contributed by atoms with E-state index in [0.717, 1.165) is 21.5 Å². The Labute approximate surface area is 182 Å². The number of hydrogen-bond acceptors (Lipinski definition) is 8. The Hall–Kier alpha value is -3.21. The van der Waals surface area contributed by atoms with Gasteiger partial charge in [0.2, 0.25) is 0 Å². The van der Waals surface area contributed by atoms with Gasteiger partial charge in [-0.05, 0) is 23.6 Å². The lowest BCUT2D eigenvalue weighted by molar-refractivity contribution is -0.134. The van der Waals surface area contributed by atoms with Crippen LogP contribution < -0.4 is 10.1 Å². The summed E-state index contributed by atoms with van der Waals surface area (Å²) in [7, 11) is 0. The molecule has 1 unspecified atom stereocenters. The monoisotopic (exact) mass is 448 g/mol. The number of nitrogens with zero attached hydrogens (tertiary/aromatic N) is 1. The molecular formula is C21H24N2O7S. The molecule has 3 rings (SSSR count). The number of ether oxygens (including phenoxy) is 1. The molecule has 1 atom stereocenters. The summed E-state index contributed by atoms with van der Waals surface area (Å²) in [5, 5.41) is 34.9. The number of aliphatic hydroxyl groups excluding tert-OH is 1. The molecule has 0 radical (unpaired) electrons. The number of carbonyl (C=O) groups is 2. The summed E-state index contributed by atoms with van der Waals surface area (Å²) >= 11 is 1.59. The first-order chi connectivity index (χ1) is 14.8. The van der Waals surface area contributed by atoms with Gasteiger partial charge in [-0.25, -0.2) is 9.59 Å². The number of hydrogen-bond donors (Lipinski definition) is 4. The number of para-hydroxylation sites is 1. The molecule has 0 spiro atoms. The molecule has 0 saturated carbocycles. The maximum Gasteiger partial charge on any atom is 0.328 e. The number of rotatable bonds is 9. The first-order valence-corrected chi connectivity index (χ1v) is 10.3. The molecule has 0 aliphatic carbocycles. The SMILES string of the molecule is CC(C)NCC(O)COc1ccccc1-c1noc2ccsc12.O=C(O)/C=C\C(=O)O. The Morgan fingerprint density at radius 3 is 2.52 bits per heavy atom. The molecule has 1 aromatic carbocycles. The minimum atomic E-state index is -1.26. The normalized spacial score (nSPS) is 12.0. The molecule has 4 N–H and O–H groups in total. The second-order valence-electron chi connectivity index (χ2n) is 6.68. The first kappa shape index (κ1) is 24.1. The molecule has 0 aliphatic rings. The number of thiophene rings is 1. The Balaban J connectivity index is 0.000000366. The summed E-state index contributed by atoms with van der Waals surface area (Å²) in [6.45, 7) is 4.81. The van der Waals surface area contributed by atoms with Gasteiger partial charge in [-0.1, -0.05) is 31.1 Å². The van der Waals surface area contributed by atoms with Crippen molar-refractivity contribution < 1.29 is 34.2 Å². The zero-order valence-electron chi connectivity index (χ0n) is 17.0. The minimum Gasteiger partial charge on any atom is -0.490 e. The topological polar surface area (TPSA) is 142 Å². The van der Waals surface area contributed by atoms with Gasteiger partial charge in [0, 0.05) is 30.3 Å². The summed E-state index contributed by atoms with van der Waals surface area (Å²) in [5.74, 6) is -1.82. The van der Waals surface area contributed by atoms with E-state index in [1.807, 2.05) is 49.6 Å². The van der Waals surface area contributed by atoms with Crippen molar-refractivity contribution >= 4 is 33.6 Å². The van der Waals surface area contributed by atoms with Crippen molar-refractivity contribution in [3.63, 3.8) is 0 Å². The van der Waals surface area contributed by atoms with Crippen LogP contribution in [0, 0.1) is 0 Å². The van der Waals surface area contributed by atoms with E-state index in [0.29, 0.717) is 30.5 Å². The smallest absolute Gasteiger partial charge is 0.328 e. The van der Waals surface area contributed by atoms with E-state index < -0.39 is 18.0 Å². The van der Waals surface area contributed by atoms with Crippen molar-refractivity contribution in [2.45, 2.75) is 26.0 Å². The highest BCUT2D eigenvalue weighted by Crippen LogP contribution is 2.36. The van der Waals surface area contributed by atoms with Crippen LogP contribution in [-0.2, 0) is 9.59 Å². The maximum atomic E-state index is 10.00. The van der Waals surface area contributed by atoms with Crippen LogP contribution in [0.15, 0.2) is 52.4 Å². The van der Waals surface area contributed by atoms with Crippen molar-refractivity contribution in [3.05, 3.63) is 47.9 Å². The zero-order valence-corrected chi connectivity index (χ0v) is 17.8. The average molecular weight is 448 g/mol. The molecule has 31 heavy (non-hydrogen) atoms. The lowest BCUT2D eigenvalue weighted by atomic mass is 10.1. The van der Waals surface area contributed by atoms with Gasteiger partial charge in [0.15, 0.2) is 5.58 Å². The highest BCUT2D eigenvalue weighted by atomic mass is 32.1. The fourth-order valence-corrected chi connectivity index (χ4v) is 3.21. The molecule has 10 heteroatoms. The van der Waals surface area contributed by atoms with Crippen LogP contribution in [0.25, 0.3) is 21.5 Å². The van der Waals surface area contributed by atoms with Gasteiger partial charge in [0.05, 0.1) is 0 Å². The molecule has 0 bridgehead atoms. The van der Waals surface area contributed by atoms with Gasteiger partial charge in [-0.3, -0.25) is 0 Å². The van der Waals surface area contributed by atoms with Crippen molar-refractivity contribution in [1.29, 1.82) is 0 Å². The Morgan fingerprint density at radius 1 is 1.19 bits per heavy atom. The first-order valence-electron chi connectivity index (χ1n) is 9.38. The van der Waals surface area contributed by atoms with Crippen LogP contribution in [-0.4, -0.2) is 57.7 Å². The fraction of sp³-hybridized carbons (Fsp3) is 0.286. The van der Waals surface area contributed by atoms with Gasteiger partial charge in [-0.2, -0.15) is 0 Å². The third-order valence-electron chi connectivity index (χ3n) is 3.78. The summed E-state index contributed by atoms with van der Waals surface area (Å²) in [6, 6.07) is 9.91. The van der Waals surface area contributed by atoms with Gasteiger partial charge in [0.1, 0.15) is 28.9 Å². The molecule has 2 aromatic heterocycles. The van der Waals surface area contributed by atoms with E-state index in [-0.39, 0.29) is 6.61 Å². The second-order valence-corrected chi connectivity index (χ2v) is 7.60. The van der Waals surface area contributed by atoms with Crippen LogP contribution in [0.3, 0.4) is 0 Å². The molecule has 3 aromatic rings. The van der Waals surface area contributed by atoms with Crippen LogP contribution in [0.2, 0.25) is 0 Å². The quantitative estimate of drug-likeness (QED) is 0.363. The molecule has 0 fully saturated rings. The van der Waals surface area contributed by atoms with E-state index in [2.05, 4.69) is 10.5 Å². The molecule has 0 saturated heterocycles. The summed E-state index contributed by atoms with van der Waals surface area (Å²) in [5.41, 5.74) is 2.43. The molecule has 166 valence electrons. The van der Waals surface area contributed by atoms with Gasteiger partial charge in [-0.15, -0.1) is 11.3 Å². The molecule has 2 heterocycles. The fourth-order valence-electron chi connectivity index (χ4n) is 2.40. The number of carboxylic acid groups (broad SMARTS) is 2. The highest BCUT2D eigenvalue weighted by Gasteiger charge is 2.16. The number of carboxylic acids is 2. The minimum absolute atomic E-state index is 0.224. The van der Waals surface area contributed by atoms with Crippen molar-refractivity contribution in [3.8, 4) is 17.0 Å². The summed E-state index contributed by atoms with van der Waals surface area (Å²) < 4.78 is 12.2. The Morgan fingerprint density at radius 2 is 1.87 bits per heavy atom. The number of nitrogens with one attached hydrogen (secondary N) is 1. The van der Waals surface area contributed by atoms with Crippen LogP contribution in [0.1, 0.15) is 13.8 Å². The lowest BCUT2D eigenvalue weighted by Crippen LogP contribution is -2.35. The van der Waals surface area contributed by atoms with Gasteiger partial charge < -0.3 is 29.9 Å². The van der Waals surface area contributed by atoms with E-state index in [1.165, 1.54) is 0 Å². The summed E-state index contributed by atoms with van der Waals surface area (Å²) in [6.07, 6.45) is 0.550. The highest BCUT2D eigenvalue weighted by molar-refractivity contribution is 7.17. The second kappa shape index (κ2) is 11.8. The number of fused-ring (bicyclic) bond motifs is 1. The third kappa shape index (κ3) is 7.85. The Kier molecular flexibility index (Phi) is 9.19. The van der Waals surface area contributed by atoms with Crippen LogP contribution in [0.5, 0.6) is 5.75 Å². The van der Waals surface area contributed by atoms with Crippen LogP contribution in [0.4, 0.5) is 0 Å². The van der Waals surface area contributed by atoms with Gasteiger partial charge >= 0.3 is 11.9 Å². The lowest BCUT2D eigenvalue weighted by Gasteiger charge is -2.16. The number of aliphatic carboxylic acids is 2. The number of aromatic nitrogens is 1. The van der Waals surface area contributed by atoms with Crippen molar-refractivity contribution in [1.82, 2.24) is 10.5 Å². The molecular weight excluding hydrogens is 424 g/mol. The van der Waals surface area contributed by atoms with E-state index in [4.69, 9.17) is 19.5 Å².